The molecule has 1 heterocycles. The lowest BCUT2D eigenvalue weighted by atomic mass is 10.0. The molecule has 3 N–H and O–H groups in total. The maximum absolute atomic E-state index is 10.3. The Morgan fingerprint density at radius 2 is 1.48 bits per heavy atom. The molecular weight excluding hydrogens is 467 g/mol. The zero-order chi connectivity index (χ0) is 23.6. The summed E-state index contributed by atoms with van der Waals surface area (Å²) >= 11 is 11.9. The van der Waals surface area contributed by atoms with Crippen molar-refractivity contribution in [2.24, 2.45) is 0 Å². The number of rotatable bonds is 12. The van der Waals surface area contributed by atoms with Crippen LogP contribution in [0.3, 0.4) is 0 Å². The number of likely N-dealkylation sites (tertiary alicyclic amines) is 1. The number of hydrogen-bond donors (Lipinski definition) is 3. The van der Waals surface area contributed by atoms with E-state index < -0.39 is 12.2 Å². The third-order valence-electron chi connectivity index (χ3n) is 5.48. The number of β-amino-alcohol motifs (C(OH)–C–C–N with tert-alkyl or cyclic N) is 1. The van der Waals surface area contributed by atoms with Crippen molar-refractivity contribution in [3.63, 3.8) is 0 Å². The molecule has 182 valence electrons. The van der Waals surface area contributed by atoms with Crippen molar-refractivity contribution in [3.05, 3.63) is 52.5 Å². The third-order valence-corrected chi connectivity index (χ3v) is 5.92. The fourth-order valence-electron chi connectivity index (χ4n) is 3.70. The summed E-state index contributed by atoms with van der Waals surface area (Å²) < 4.78 is 16.4. The predicted molar refractivity (Wildman–Crippen MR) is 130 cm³/mol. The topological polar surface area (TPSA) is 83.4 Å². The van der Waals surface area contributed by atoms with E-state index in [1.165, 1.54) is 0 Å². The van der Waals surface area contributed by atoms with Gasteiger partial charge >= 0.3 is 0 Å². The Hall–Kier alpha value is -1.74. The third kappa shape index (κ3) is 9.20. The van der Waals surface area contributed by atoms with Gasteiger partial charge in [-0.25, -0.2) is 0 Å². The van der Waals surface area contributed by atoms with Crippen LogP contribution in [0.4, 0.5) is 0 Å². The Labute approximate surface area is 205 Å². The first-order chi connectivity index (χ1) is 15.9. The Kier molecular flexibility index (Phi) is 10.4. The molecule has 1 saturated heterocycles. The highest BCUT2D eigenvalue weighted by Gasteiger charge is 2.21. The fraction of sp³-hybridized carbons (Fsp3) is 0.500. The van der Waals surface area contributed by atoms with Crippen LogP contribution in [0, 0.1) is 0 Å². The molecule has 0 bridgehead atoms. The van der Waals surface area contributed by atoms with Crippen molar-refractivity contribution in [3.8, 4) is 17.2 Å². The second-order valence-electron chi connectivity index (χ2n) is 8.19. The van der Waals surface area contributed by atoms with Crippen LogP contribution >= 0.6 is 23.2 Å². The highest BCUT2D eigenvalue weighted by Crippen LogP contribution is 2.24. The predicted octanol–water partition coefficient (Wildman–Crippen LogP) is 3.24. The number of methoxy groups -OCH3 is 1. The zero-order valence-corrected chi connectivity index (χ0v) is 20.3. The zero-order valence-electron chi connectivity index (χ0n) is 18.8. The molecule has 0 aromatic heterocycles. The summed E-state index contributed by atoms with van der Waals surface area (Å²) in [5, 5.41) is 25.0. The first-order valence-corrected chi connectivity index (χ1v) is 11.8. The van der Waals surface area contributed by atoms with Crippen LogP contribution < -0.4 is 19.5 Å². The normalized spacial score (nSPS) is 16.9. The largest absolute Gasteiger partial charge is 0.497 e. The van der Waals surface area contributed by atoms with Gasteiger partial charge in [-0.3, -0.25) is 0 Å². The summed E-state index contributed by atoms with van der Waals surface area (Å²) in [6.07, 6.45) is 0.695. The summed E-state index contributed by atoms with van der Waals surface area (Å²) in [5.41, 5.74) is 0. The second-order valence-corrected chi connectivity index (χ2v) is 9.07. The molecule has 0 aliphatic carbocycles. The van der Waals surface area contributed by atoms with Crippen LogP contribution in [0.2, 0.25) is 10.0 Å². The molecule has 33 heavy (non-hydrogen) atoms. The van der Waals surface area contributed by atoms with Gasteiger partial charge in [0, 0.05) is 29.2 Å². The van der Waals surface area contributed by atoms with Crippen LogP contribution in [-0.4, -0.2) is 79.9 Å². The van der Waals surface area contributed by atoms with E-state index in [0.29, 0.717) is 40.7 Å². The van der Waals surface area contributed by atoms with Gasteiger partial charge in [-0.05, 0) is 68.4 Å². The first-order valence-electron chi connectivity index (χ1n) is 11.1. The number of halogens is 2. The summed E-state index contributed by atoms with van der Waals surface area (Å²) in [6.45, 7) is 3.16. The molecule has 0 saturated carbocycles. The van der Waals surface area contributed by atoms with Gasteiger partial charge < -0.3 is 34.6 Å². The maximum Gasteiger partial charge on any atom is 0.122 e. The van der Waals surface area contributed by atoms with E-state index in [4.69, 9.17) is 37.4 Å². The summed E-state index contributed by atoms with van der Waals surface area (Å²) in [4.78, 5) is 2.22. The smallest absolute Gasteiger partial charge is 0.122 e. The number of nitrogens with one attached hydrogen (secondary N) is 1. The van der Waals surface area contributed by atoms with Crippen molar-refractivity contribution in [1.29, 1.82) is 0 Å². The number of ether oxygens (including phenoxy) is 3. The van der Waals surface area contributed by atoms with E-state index >= 15 is 0 Å². The minimum Gasteiger partial charge on any atom is -0.497 e. The Morgan fingerprint density at radius 3 is 2.12 bits per heavy atom. The van der Waals surface area contributed by atoms with Crippen molar-refractivity contribution >= 4 is 23.2 Å². The van der Waals surface area contributed by atoms with E-state index in [1.54, 1.807) is 25.3 Å². The van der Waals surface area contributed by atoms with E-state index in [0.717, 1.165) is 31.7 Å². The number of hydrogen-bond acceptors (Lipinski definition) is 7. The first kappa shape index (κ1) is 25.9. The summed E-state index contributed by atoms with van der Waals surface area (Å²) in [6, 6.07) is 12.6. The molecule has 2 atom stereocenters. The molecule has 1 aliphatic rings. The van der Waals surface area contributed by atoms with Crippen LogP contribution in [-0.2, 0) is 0 Å². The van der Waals surface area contributed by atoms with Gasteiger partial charge in [0.25, 0.3) is 0 Å². The van der Waals surface area contributed by atoms with Gasteiger partial charge in [0.2, 0.25) is 0 Å². The lowest BCUT2D eigenvalue weighted by Crippen LogP contribution is -2.47. The second kappa shape index (κ2) is 13.2. The number of nitrogens with zero attached hydrogens (tertiary/aromatic N) is 1. The average Bonchev–Trinajstić information content (AvgIpc) is 2.81. The lowest BCUT2D eigenvalue weighted by molar-refractivity contribution is 0.0556. The quantitative estimate of drug-likeness (QED) is 0.414. The minimum absolute atomic E-state index is 0.176. The van der Waals surface area contributed by atoms with E-state index in [2.05, 4.69) is 10.2 Å². The minimum atomic E-state index is -0.607. The van der Waals surface area contributed by atoms with Gasteiger partial charge in [0.05, 0.1) is 7.11 Å². The monoisotopic (exact) mass is 498 g/mol. The van der Waals surface area contributed by atoms with Crippen LogP contribution in [0.25, 0.3) is 0 Å². The molecule has 7 nitrogen and oxygen atoms in total. The van der Waals surface area contributed by atoms with Crippen LogP contribution in [0.5, 0.6) is 17.2 Å². The molecule has 1 fully saturated rings. The van der Waals surface area contributed by atoms with Gasteiger partial charge in [-0.15, -0.1) is 0 Å². The highest BCUT2D eigenvalue weighted by molar-refractivity contribution is 6.34. The Bertz CT molecular complexity index is 827. The molecule has 2 aromatic rings. The molecule has 0 radical (unpaired) electrons. The van der Waals surface area contributed by atoms with Gasteiger partial charge in [0.15, 0.2) is 0 Å². The molecule has 3 rings (SSSR count). The van der Waals surface area contributed by atoms with E-state index in [1.807, 2.05) is 24.3 Å². The Morgan fingerprint density at radius 1 is 0.909 bits per heavy atom. The van der Waals surface area contributed by atoms with Crippen molar-refractivity contribution in [2.45, 2.75) is 31.1 Å². The van der Waals surface area contributed by atoms with Crippen molar-refractivity contribution in [1.82, 2.24) is 10.2 Å². The number of aliphatic hydroxyl groups is 2. The van der Waals surface area contributed by atoms with Crippen molar-refractivity contribution < 1.29 is 24.4 Å². The molecule has 0 amide bonds. The SMILES string of the molecule is COc1ccc(OC[C@H](O)CNC2CCN(C[C@H](O)COc3cc(Cl)cc(Cl)c3)CC2)cc1. The summed E-state index contributed by atoms with van der Waals surface area (Å²) in [5.74, 6) is 2.01. The van der Waals surface area contributed by atoms with E-state index in [9.17, 15) is 10.2 Å². The number of aliphatic hydroxyl groups excluding tert-OH is 2. The molecule has 0 unspecified atom stereocenters. The standard InChI is InChI=1S/C24H32Cl2N2O5/c1-31-22-2-4-23(5-3-22)32-15-20(29)13-27-19-6-8-28(9-7-19)14-21(30)16-33-24-11-17(25)10-18(26)12-24/h2-5,10-12,19-21,27,29-30H,6-9,13-16H2,1H3/t20-,21+/m1/s1. The Balaban J connectivity index is 1.28. The van der Waals surface area contributed by atoms with E-state index in [-0.39, 0.29) is 13.2 Å². The fourth-order valence-corrected chi connectivity index (χ4v) is 4.21. The molecule has 2 aromatic carbocycles. The van der Waals surface area contributed by atoms with Crippen LogP contribution in [0.15, 0.2) is 42.5 Å². The molecule has 1 aliphatic heterocycles. The van der Waals surface area contributed by atoms with Gasteiger partial charge in [0.1, 0.15) is 42.7 Å². The average molecular weight is 499 g/mol. The molecule has 9 heteroatoms. The van der Waals surface area contributed by atoms with Gasteiger partial charge in [-0.1, -0.05) is 23.2 Å². The van der Waals surface area contributed by atoms with Crippen molar-refractivity contribution in [2.75, 3.05) is 46.5 Å². The number of benzene rings is 2. The molecular formula is C24H32Cl2N2O5. The van der Waals surface area contributed by atoms with Crippen LogP contribution in [0.1, 0.15) is 12.8 Å². The van der Waals surface area contributed by atoms with Gasteiger partial charge in [-0.2, -0.15) is 0 Å². The summed E-state index contributed by atoms with van der Waals surface area (Å²) in [7, 11) is 1.62. The lowest BCUT2D eigenvalue weighted by Gasteiger charge is -2.33. The number of piperidine rings is 1. The maximum atomic E-state index is 10.3. The molecule has 0 spiro atoms. The highest BCUT2D eigenvalue weighted by atomic mass is 35.5.